The molecule has 1 aliphatic carbocycles. The van der Waals surface area contributed by atoms with Gasteiger partial charge in [0.2, 0.25) is 0 Å². The molecule has 2 heterocycles. The van der Waals surface area contributed by atoms with Gasteiger partial charge in [0.1, 0.15) is 0 Å². The van der Waals surface area contributed by atoms with E-state index in [0.29, 0.717) is 0 Å². The van der Waals surface area contributed by atoms with E-state index in [4.69, 9.17) is 18.6 Å². The second-order valence-corrected chi connectivity index (χ2v) is 9.15. The monoisotopic (exact) mass is 308 g/mol. The van der Waals surface area contributed by atoms with Crippen LogP contribution in [0.15, 0.2) is 0 Å². The summed E-state index contributed by atoms with van der Waals surface area (Å²) in [5.41, 5.74) is -1.36. The Morgan fingerprint density at radius 1 is 0.773 bits per heavy atom. The lowest BCUT2D eigenvalue weighted by molar-refractivity contribution is -0.0203. The predicted octanol–water partition coefficient (Wildman–Crippen LogP) is 3.28. The Labute approximate surface area is 135 Å². The SMILES string of the molecule is CC1CC1C[C@]1(C)OB(B2OC(C)(C)C(C)(C)O2)OC1(C)C. The van der Waals surface area contributed by atoms with Crippen LogP contribution in [0.4, 0.5) is 0 Å². The predicted molar refractivity (Wildman–Crippen MR) is 88.4 cm³/mol. The fourth-order valence-corrected chi connectivity index (χ4v) is 3.43. The van der Waals surface area contributed by atoms with Crippen LogP contribution in [0.2, 0.25) is 0 Å². The van der Waals surface area contributed by atoms with Crippen molar-refractivity contribution in [1.82, 2.24) is 0 Å². The largest absolute Gasteiger partial charge is 0.488 e. The van der Waals surface area contributed by atoms with Gasteiger partial charge in [0.05, 0.1) is 22.4 Å². The highest BCUT2D eigenvalue weighted by Gasteiger charge is 2.65. The topological polar surface area (TPSA) is 36.9 Å². The van der Waals surface area contributed by atoms with E-state index in [0.717, 1.165) is 18.3 Å². The Morgan fingerprint density at radius 2 is 1.18 bits per heavy atom. The van der Waals surface area contributed by atoms with Gasteiger partial charge >= 0.3 is 14.0 Å². The van der Waals surface area contributed by atoms with Crippen molar-refractivity contribution < 1.29 is 18.6 Å². The van der Waals surface area contributed by atoms with Crippen LogP contribution < -0.4 is 0 Å². The molecule has 0 aromatic rings. The molecular weight excluding hydrogens is 278 g/mol. The summed E-state index contributed by atoms with van der Waals surface area (Å²) in [5, 5.41) is 0. The minimum atomic E-state index is -0.470. The third kappa shape index (κ3) is 2.56. The lowest BCUT2D eigenvalue weighted by atomic mass is 9.49. The maximum absolute atomic E-state index is 6.36. The Bertz CT molecular complexity index is 449. The minimum Gasteiger partial charge on any atom is -0.405 e. The molecule has 6 heteroatoms. The molecule has 0 aromatic carbocycles. The average molecular weight is 308 g/mol. The molecule has 3 aliphatic rings. The Morgan fingerprint density at radius 3 is 1.64 bits per heavy atom. The van der Waals surface area contributed by atoms with E-state index in [9.17, 15) is 0 Å². The van der Waals surface area contributed by atoms with Crippen LogP contribution in [0, 0.1) is 11.8 Å². The van der Waals surface area contributed by atoms with E-state index < -0.39 is 14.0 Å². The van der Waals surface area contributed by atoms with Gasteiger partial charge in [-0.25, -0.2) is 0 Å². The van der Waals surface area contributed by atoms with Gasteiger partial charge < -0.3 is 18.6 Å². The summed E-state index contributed by atoms with van der Waals surface area (Å²) >= 11 is 0. The molecule has 3 rings (SSSR count). The van der Waals surface area contributed by atoms with Gasteiger partial charge in [-0.3, -0.25) is 0 Å². The number of rotatable bonds is 3. The standard InChI is InChI=1S/C16H30B2O4/c1-11-9-12(11)10-16(8)15(6,7)21-18(22-16)17-19-13(2,3)14(4,5)20-17/h11-12H,9-10H2,1-8H3/t11?,12?,16-/m0/s1. The van der Waals surface area contributed by atoms with Crippen molar-refractivity contribution in [1.29, 1.82) is 0 Å². The van der Waals surface area contributed by atoms with E-state index in [1.165, 1.54) is 6.42 Å². The van der Waals surface area contributed by atoms with Crippen molar-refractivity contribution in [2.75, 3.05) is 0 Å². The molecule has 3 fully saturated rings. The summed E-state index contributed by atoms with van der Waals surface area (Å²) in [4.78, 5) is 0. The van der Waals surface area contributed by atoms with Crippen LogP contribution in [0.3, 0.4) is 0 Å². The van der Waals surface area contributed by atoms with E-state index in [1.54, 1.807) is 0 Å². The van der Waals surface area contributed by atoms with Crippen molar-refractivity contribution in [3.8, 4) is 0 Å². The quantitative estimate of drug-likeness (QED) is 0.750. The van der Waals surface area contributed by atoms with Crippen molar-refractivity contribution in [2.45, 2.75) is 90.6 Å². The van der Waals surface area contributed by atoms with Crippen molar-refractivity contribution in [3.63, 3.8) is 0 Å². The van der Waals surface area contributed by atoms with Crippen LogP contribution >= 0.6 is 0 Å². The first-order chi connectivity index (χ1) is 9.87. The fraction of sp³-hybridized carbons (Fsp3) is 1.00. The minimum absolute atomic E-state index is 0.295. The van der Waals surface area contributed by atoms with Gasteiger partial charge in [0.25, 0.3) is 0 Å². The molecule has 4 nitrogen and oxygen atoms in total. The molecule has 3 atom stereocenters. The molecule has 0 amide bonds. The first-order valence-electron chi connectivity index (χ1n) is 8.58. The van der Waals surface area contributed by atoms with Crippen LogP contribution in [-0.2, 0) is 18.6 Å². The van der Waals surface area contributed by atoms with E-state index >= 15 is 0 Å². The van der Waals surface area contributed by atoms with E-state index in [1.807, 2.05) is 0 Å². The highest BCUT2D eigenvalue weighted by molar-refractivity contribution is 7.11. The second-order valence-electron chi connectivity index (χ2n) is 9.15. The first-order valence-corrected chi connectivity index (χ1v) is 8.58. The smallest absolute Gasteiger partial charge is 0.405 e. The summed E-state index contributed by atoms with van der Waals surface area (Å²) in [6.07, 6.45) is 2.34. The van der Waals surface area contributed by atoms with Crippen LogP contribution in [0.1, 0.15) is 68.2 Å². The lowest BCUT2D eigenvalue weighted by Gasteiger charge is -2.36. The van der Waals surface area contributed by atoms with E-state index in [2.05, 4.69) is 55.4 Å². The van der Waals surface area contributed by atoms with Crippen molar-refractivity contribution in [2.24, 2.45) is 11.8 Å². The molecule has 0 N–H and O–H groups in total. The first kappa shape index (κ1) is 16.8. The van der Waals surface area contributed by atoms with Gasteiger partial charge in [-0.15, -0.1) is 0 Å². The molecule has 22 heavy (non-hydrogen) atoms. The molecule has 2 saturated heterocycles. The molecule has 0 aromatic heterocycles. The molecule has 124 valence electrons. The fourth-order valence-electron chi connectivity index (χ4n) is 3.43. The van der Waals surface area contributed by atoms with Gasteiger partial charge in [0.15, 0.2) is 0 Å². The highest BCUT2D eigenvalue weighted by Crippen LogP contribution is 2.51. The van der Waals surface area contributed by atoms with Crippen molar-refractivity contribution in [3.05, 3.63) is 0 Å². The molecule has 2 aliphatic heterocycles. The zero-order chi connectivity index (χ0) is 16.6. The van der Waals surface area contributed by atoms with Gasteiger partial charge in [-0.2, -0.15) is 0 Å². The van der Waals surface area contributed by atoms with Gasteiger partial charge in [0, 0.05) is 0 Å². The van der Waals surface area contributed by atoms with Crippen LogP contribution in [-0.4, -0.2) is 36.4 Å². The van der Waals surface area contributed by atoms with Gasteiger partial charge in [-0.05, 0) is 73.1 Å². The van der Waals surface area contributed by atoms with Crippen LogP contribution in [0.25, 0.3) is 0 Å². The zero-order valence-corrected chi connectivity index (χ0v) is 15.4. The second kappa shape index (κ2) is 4.75. The summed E-state index contributed by atoms with van der Waals surface area (Å²) in [7, 11) is -0.933. The van der Waals surface area contributed by atoms with Gasteiger partial charge in [-0.1, -0.05) is 6.92 Å². The highest BCUT2D eigenvalue weighted by atomic mass is 16.7. The lowest BCUT2D eigenvalue weighted by Crippen LogP contribution is -2.45. The third-order valence-corrected chi connectivity index (χ3v) is 6.48. The van der Waals surface area contributed by atoms with E-state index in [-0.39, 0.29) is 22.4 Å². The zero-order valence-electron chi connectivity index (χ0n) is 15.4. The number of hydrogen-bond donors (Lipinski definition) is 0. The third-order valence-electron chi connectivity index (χ3n) is 6.48. The Hall–Kier alpha value is -0.0301. The molecule has 0 bridgehead atoms. The maximum atomic E-state index is 6.36. The number of hydrogen-bond acceptors (Lipinski definition) is 4. The maximum Gasteiger partial charge on any atom is 0.488 e. The molecule has 0 radical (unpaired) electrons. The summed E-state index contributed by atoms with van der Waals surface area (Å²) < 4.78 is 24.8. The molecule has 2 unspecified atom stereocenters. The normalized spacial score (nSPS) is 42.0. The van der Waals surface area contributed by atoms with Crippen molar-refractivity contribution >= 4 is 14.0 Å². The van der Waals surface area contributed by atoms with Crippen LogP contribution in [0.5, 0.6) is 0 Å². The Balaban J connectivity index is 1.73. The summed E-state index contributed by atoms with van der Waals surface area (Å²) in [5.74, 6) is 1.57. The molecule has 1 saturated carbocycles. The summed E-state index contributed by atoms with van der Waals surface area (Å²) in [6, 6.07) is 0. The average Bonchev–Trinajstić information content (AvgIpc) is 2.86. The molecule has 0 spiro atoms. The Kier molecular flexibility index (Phi) is 3.63. The molecular formula is C16H30B2O4. The summed E-state index contributed by atoms with van der Waals surface area (Å²) in [6.45, 7) is 16.9.